The Labute approximate surface area is 103 Å². The Bertz CT molecular complexity index is 271. The molecular formula is C12H24N2O3. The lowest BCUT2D eigenvalue weighted by Gasteiger charge is -2.28. The molecular weight excluding hydrogens is 220 g/mol. The predicted molar refractivity (Wildman–Crippen MR) is 66.9 cm³/mol. The first-order chi connectivity index (χ1) is 7.64. The van der Waals surface area contributed by atoms with Crippen LogP contribution in [0.25, 0.3) is 0 Å². The molecule has 0 radical (unpaired) electrons. The van der Waals surface area contributed by atoms with Crippen LogP contribution < -0.4 is 5.32 Å². The molecule has 0 aliphatic rings. The van der Waals surface area contributed by atoms with Crippen molar-refractivity contribution in [1.82, 2.24) is 10.2 Å². The Morgan fingerprint density at radius 2 is 1.88 bits per heavy atom. The summed E-state index contributed by atoms with van der Waals surface area (Å²) in [5.41, 5.74) is 0.146. The Morgan fingerprint density at radius 1 is 1.35 bits per heavy atom. The fourth-order valence-electron chi connectivity index (χ4n) is 1.05. The number of carboxylic acid groups (broad SMARTS) is 1. The monoisotopic (exact) mass is 244 g/mol. The molecule has 1 atom stereocenters. The van der Waals surface area contributed by atoms with Gasteiger partial charge in [0.1, 0.15) is 0 Å². The minimum absolute atomic E-state index is 0.0290. The smallest absolute Gasteiger partial charge is 0.317 e. The first kappa shape index (κ1) is 15.7. The van der Waals surface area contributed by atoms with Gasteiger partial charge in [0.25, 0.3) is 0 Å². The topological polar surface area (TPSA) is 69.6 Å². The molecule has 0 aliphatic carbocycles. The third-order valence-electron chi connectivity index (χ3n) is 3.05. The van der Waals surface area contributed by atoms with E-state index in [1.807, 2.05) is 0 Å². The van der Waals surface area contributed by atoms with E-state index < -0.39 is 5.97 Å². The van der Waals surface area contributed by atoms with Gasteiger partial charge in [-0.15, -0.1) is 0 Å². The fourth-order valence-corrected chi connectivity index (χ4v) is 1.05. The molecule has 0 saturated heterocycles. The van der Waals surface area contributed by atoms with Gasteiger partial charge in [0.15, 0.2) is 0 Å². The molecule has 0 aromatic heterocycles. The number of aliphatic carboxylic acids is 1. The second kappa shape index (κ2) is 6.47. The Hall–Kier alpha value is -1.26. The summed E-state index contributed by atoms with van der Waals surface area (Å²) in [5.74, 6) is -0.535. The van der Waals surface area contributed by atoms with Gasteiger partial charge in [-0.2, -0.15) is 0 Å². The number of hydrogen-bond donors (Lipinski definition) is 2. The van der Waals surface area contributed by atoms with Crippen LogP contribution in [-0.4, -0.2) is 42.1 Å². The van der Waals surface area contributed by atoms with Gasteiger partial charge < -0.3 is 15.3 Å². The Balaban J connectivity index is 3.97. The van der Waals surface area contributed by atoms with E-state index in [9.17, 15) is 9.59 Å². The minimum Gasteiger partial charge on any atom is -0.481 e. The van der Waals surface area contributed by atoms with Gasteiger partial charge >= 0.3 is 12.0 Å². The summed E-state index contributed by atoms with van der Waals surface area (Å²) >= 11 is 0. The van der Waals surface area contributed by atoms with Gasteiger partial charge in [0, 0.05) is 20.1 Å². The lowest BCUT2D eigenvalue weighted by Crippen LogP contribution is -2.41. The zero-order valence-electron chi connectivity index (χ0n) is 11.4. The van der Waals surface area contributed by atoms with Crippen molar-refractivity contribution in [2.24, 2.45) is 11.3 Å². The van der Waals surface area contributed by atoms with Crippen molar-refractivity contribution in [2.45, 2.75) is 34.1 Å². The van der Waals surface area contributed by atoms with E-state index in [2.05, 4.69) is 33.0 Å². The van der Waals surface area contributed by atoms with Gasteiger partial charge in [0.05, 0.1) is 6.42 Å². The standard InChI is InChI=1S/C12H24N2O3/c1-9(12(2,3)4)8-13-11(17)14(5)7-6-10(15)16/h9H,6-8H2,1-5H3,(H,13,17)(H,15,16). The molecule has 0 saturated carbocycles. The van der Waals surface area contributed by atoms with Crippen LogP contribution in [0, 0.1) is 11.3 Å². The molecule has 5 nitrogen and oxygen atoms in total. The maximum absolute atomic E-state index is 11.6. The number of urea groups is 1. The maximum atomic E-state index is 11.6. The van der Waals surface area contributed by atoms with Gasteiger partial charge in [0.2, 0.25) is 0 Å². The molecule has 100 valence electrons. The molecule has 2 amide bonds. The minimum atomic E-state index is -0.896. The van der Waals surface area contributed by atoms with E-state index in [1.54, 1.807) is 7.05 Å². The van der Waals surface area contributed by atoms with Gasteiger partial charge in [-0.05, 0) is 11.3 Å². The number of carboxylic acids is 1. The zero-order valence-corrected chi connectivity index (χ0v) is 11.4. The summed E-state index contributed by atoms with van der Waals surface area (Å²) in [7, 11) is 1.60. The molecule has 0 heterocycles. The van der Waals surface area contributed by atoms with Crippen molar-refractivity contribution < 1.29 is 14.7 Å². The van der Waals surface area contributed by atoms with Gasteiger partial charge in [-0.3, -0.25) is 4.79 Å². The molecule has 0 aromatic rings. The van der Waals surface area contributed by atoms with E-state index in [1.165, 1.54) is 4.90 Å². The average Bonchev–Trinajstić information content (AvgIpc) is 2.20. The highest BCUT2D eigenvalue weighted by molar-refractivity contribution is 5.74. The van der Waals surface area contributed by atoms with Crippen molar-refractivity contribution in [3.63, 3.8) is 0 Å². The van der Waals surface area contributed by atoms with E-state index in [0.29, 0.717) is 12.5 Å². The van der Waals surface area contributed by atoms with Crippen LogP contribution >= 0.6 is 0 Å². The maximum Gasteiger partial charge on any atom is 0.317 e. The van der Waals surface area contributed by atoms with Gasteiger partial charge in [-0.25, -0.2) is 4.79 Å². The van der Waals surface area contributed by atoms with Crippen molar-refractivity contribution >= 4 is 12.0 Å². The van der Waals surface area contributed by atoms with Crippen LogP contribution in [0.2, 0.25) is 0 Å². The lowest BCUT2D eigenvalue weighted by molar-refractivity contribution is -0.137. The van der Waals surface area contributed by atoms with Crippen molar-refractivity contribution in [3.05, 3.63) is 0 Å². The molecule has 0 aliphatic heterocycles. The van der Waals surface area contributed by atoms with Crippen LogP contribution in [0.15, 0.2) is 0 Å². The number of nitrogens with zero attached hydrogens (tertiary/aromatic N) is 1. The normalized spacial score (nSPS) is 13.0. The summed E-state index contributed by atoms with van der Waals surface area (Å²) in [6, 6.07) is -0.220. The third-order valence-corrected chi connectivity index (χ3v) is 3.05. The number of carbonyl (C=O) groups excluding carboxylic acids is 1. The first-order valence-electron chi connectivity index (χ1n) is 5.85. The highest BCUT2D eigenvalue weighted by Crippen LogP contribution is 2.24. The molecule has 0 rings (SSSR count). The highest BCUT2D eigenvalue weighted by atomic mass is 16.4. The van der Waals surface area contributed by atoms with E-state index in [0.717, 1.165) is 0 Å². The van der Waals surface area contributed by atoms with Crippen LogP contribution in [0.3, 0.4) is 0 Å². The van der Waals surface area contributed by atoms with Crippen LogP contribution in [0.1, 0.15) is 34.1 Å². The van der Waals surface area contributed by atoms with Gasteiger partial charge in [-0.1, -0.05) is 27.7 Å². The number of nitrogens with one attached hydrogen (secondary N) is 1. The highest BCUT2D eigenvalue weighted by Gasteiger charge is 2.21. The molecule has 0 aromatic carbocycles. The largest absolute Gasteiger partial charge is 0.481 e. The summed E-state index contributed by atoms with van der Waals surface area (Å²) in [6.07, 6.45) is -0.0290. The number of amides is 2. The SMILES string of the molecule is CC(CNC(=O)N(C)CCC(=O)O)C(C)(C)C. The molecule has 0 fully saturated rings. The molecule has 5 heteroatoms. The molecule has 1 unspecified atom stereocenters. The molecule has 0 spiro atoms. The summed E-state index contributed by atoms with van der Waals surface area (Å²) < 4.78 is 0. The van der Waals surface area contributed by atoms with Crippen molar-refractivity contribution in [3.8, 4) is 0 Å². The average molecular weight is 244 g/mol. The fraction of sp³-hybridized carbons (Fsp3) is 0.833. The number of rotatable bonds is 5. The Kier molecular flexibility index (Phi) is 5.99. The summed E-state index contributed by atoms with van der Waals surface area (Å²) in [4.78, 5) is 23.4. The lowest BCUT2D eigenvalue weighted by atomic mass is 9.82. The van der Waals surface area contributed by atoms with Crippen molar-refractivity contribution in [1.29, 1.82) is 0 Å². The number of carbonyl (C=O) groups is 2. The van der Waals surface area contributed by atoms with Crippen LogP contribution in [0.4, 0.5) is 4.79 Å². The third kappa shape index (κ3) is 6.81. The number of hydrogen-bond acceptors (Lipinski definition) is 2. The zero-order chi connectivity index (χ0) is 13.6. The van der Waals surface area contributed by atoms with Crippen molar-refractivity contribution in [2.75, 3.05) is 20.1 Å². The second-order valence-electron chi connectivity index (χ2n) is 5.52. The molecule has 0 bridgehead atoms. The second-order valence-corrected chi connectivity index (χ2v) is 5.52. The Morgan fingerprint density at radius 3 is 2.29 bits per heavy atom. The molecule has 17 heavy (non-hydrogen) atoms. The molecule has 2 N–H and O–H groups in total. The van der Waals surface area contributed by atoms with E-state index >= 15 is 0 Å². The summed E-state index contributed by atoms with van der Waals surface area (Å²) in [5, 5.41) is 11.3. The first-order valence-corrected chi connectivity index (χ1v) is 5.85. The van der Waals surface area contributed by atoms with Crippen LogP contribution in [0.5, 0.6) is 0 Å². The predicted octanol–water partition coefficient (Wildman–Crippen LogP) is 1.78. The van der Waals surface area contributed by atoms with E-state index in [4.69, 9.17) is 5.11 Å². The van der Waals surface area contributed by atoms with Crippen LogP contribution in [-0.2, 0) is 4.79 Å². The quantitative estimate of drug-likeness (QED) is 0.774. The van der Waals surface area contributed by atoms with E-state index in [-0.39, 0.29) is 24.4 Å². The summed E-state index contributed by atoms with van der Waals surface area (Å²) in [6.45, 7) is 9.27.